The number of hydrogen-bond donors (Lipinski definition) is 0. The molecule has 0 N–H and O–H groups in total. The van der Waals surface area contributed by atoms with Crippen LogP contribution in [-0.4, -0.2) is 0 Å². The molecule has 0 saturated carbocycles. The first-order valence-corrected chi connectivity index (χ1v) is 6.61. The first kappa shape index (κ1) is 17.2. The Balaban J connectivity index is 5.22. The van der Waals surface area contributed by atoms with E-state index in [1.165, 1.54) is 11.1 Å². The minimum atomic E-state index is 0.390. The fraction of sp³-hybridized carbons (Fsp3) is 0.263. The fourth-order valence-electron chi connectivity index (χ4n) is 1.50. The van der Waals surface area contributed by atoms with Crippen LogP contribution in [0.15, 0.2) is 84.6 Å². The van der Waals surface area contributed by atoms with Crippen molar-refractivity contribution in [2.45, 2.75) is 27.7 Å². The summed E-state index contributed by atoms with van der Waals surface area (Å²) in [6.07, 6.45) is 14.1. The molecule has 0 amide bonds. The summed E-state index contributed by atoms with van der Waals surface area (Å²) in [6.45, 7) is 19.9. The third-order valence-corrected chi connectivity index (χ3v) is 3.20. The molecule has 0 rings (SSSR count). The highest BCUT2D eigenvalue weighted by Crippen LogP contribution is 2.18. The Morgan fingerprint density at radius 2 is 1.47 bits per heavy atom. The number of allylic oxidation sites excluding steroid dienone is 11. The highest BCUT2D eigenvalue weighted by atomic mass is 14.1. The molecule has 102 valence electrons. The molecule has 0 aromatic heterocycles. The molecular formula is C19H26. The molecule has 19 heavy (non-hydrogen) atoms. The van der Waals surface area contributed by atoms with Gasteiger partial charge >= 0.3 is 0 Å². The molecule has 0 aromatic carbocycles. The van der Waals surface area contributed by atoms with E-state index in [9.17, 15) is 0 Å². The largest absolute Gasteiger partial charge is 0.0984 e. The summed E-state index contributed by atoms with van der Waals surface area (Å²) in [6, 6.07) is 0. The quantitative estimate of drug-likeness (QED) is 0.493. The molecule has 0 radical (unpaired) electrons. The molecule has 0 aliphatic heterocycles. The van der Waals surface area contributed by atoms with Gasteiger partial charge in [-0.1, -0.05) is 80.3 Å². The number of hydrogen-bond acceptors (Lipinski definition) is 0. The van der Waals surface area contributed by atoms with Crippen LogP contribution in [0.2, 0.25) is 0 Å². The molecule has 0 spiro atoms. The molecule has 1 atom stereocenters. The second-order valence-electron chi connectivity index (χ2n) is 4.59. The monoisotopic (exact) mass is 254 g/mol. The van der Waals surface area contributed by atoms with Crippen LogP contribution in [0.5, 0.6) is 0 Å². The van der Waals surface area contributed by atoms with Crippen molar-refractivity contribution in [3.8, 4) is 0 Å². The Labute approximate surface area is 118 Å². The Kier molecular flexibility index (Phi) is 8.28. The van der Waals surface area contributed by atoms with E-state index in [4.69, 9.17) is 0 Å². The van der Waals surface area contributed by atoms with Crippen LogP contribution in [0.3, 0.4) is 0 Å². The van der Waals surface area contributed by atoms with Crippen molar-refractivity contribution in [2.75, 3.05) is 0 Å². The Morgan fingerprint density at radius 1 is 0.947 bits per heavy atom. The third-order valence-electron chi connectivity index (χ3n) is 3.20. The summed E-state index contributed by atoms with van der Waals surface area (Å²) >= 11 is 0. The molecule has 0 heterocycles. The summed E-state index contributed by atoms with van der Waals surface area (Å²) in [7, 11) is 0. The summed E-state index contributed by atoms with van der Waals surface area (Å²) in [5.74, 6) is 0.390. The van der Waals surface area contributed by atoms with Crippen molar-refractivity contribution in [1.82, 2.24) is 0 Å². The lowest BCUT2D eigenvalue weighted by Crippen LogP contribution is -1.93. The summed E-state index contributed by atoms with van der Waals surface area (Å²) in [4.78, 5) is 0. The molecule has 0 saturated heterocycles. The maximum absolute atomic E-state index is 3.85. The van der Waals surface area contributed by atoms with Crippen molar-refractivity contribution < 1.29 is 0 Å². The first-order valence-electron chi connectivity index (χ1n) is 6.61. The van der Waals surface area contributed by atoms with Gasteiger partial charge in [0.1, 0.15) is 0 Å². The van der Waals surface area contributed by atoms with Crippen molar-refractivity contribution in [3.63, 3.8) is 0 Å². The van der Waals surface area contributed by atoms with Crippen LogP contribution in [0.1, 0.15) is 27.7 Å². The zero-order valence-electron chi connectivity index (χ0n) is 12.7. The van der Waals surface area contributed by atoms with Crippen molar-refractivity contribution in [3.05, 3.63) is 84.6 Å². The molecule has 0 bridgehead atoms. The van der Waals surface area contributed by atoms with Gasteiger partial charge in [0.15, 0.2) is 0 Å². The predicted octanol–water partition coefficient (Wildman–Crippen LogP) is 5.95. The van der Waals surface area contributed by atoms with Crippen LogP contribution in [0.4, 0.5) is 0 Å². The van der Waals surface area contributed by atoms with Gasteiger partial charge < -0.3 is 0 Å². The van der Waals surface area contributed by atoms with E-state index >= 15 is 0 Å². The minimum absolute atomic E-state index is 0.390. The Morgan fingerprint density at radius 3 is 1.89 bits per heavy atom. The van der Waals surface area contributed by atoms with Gasteiger partial charge in [0.25, 0.3) is 0 Å². The summed E-state index contributed by atoms with van der Waals surface area (Å²) in [5, 5.41) is 0. The van der Waals surface area contributed by atoms with Gasteiger partial charge in [-0.15, -0.1) is 0 Å². The maximum Gasteiger partial charge on any atom is -0.00479 e. The lowest BCUT2D eigenvalue weighted by molar-refractivity contribution is 0.860. The van der Waals surface area contributed by atoms with Gasteiger partial charge in [0, 0.05) is 0 Å². The van der Waals surface area contributed by atoms with Crippen LogP contribution in [0, 0.1) is 5.92 Å². The Bertz CT molecular complexity index is 440. The Hall–Kier alpha value is -1.82. The van der Waals surface area contributed by atoms with Crippen molar-refractivity contribution >= 4 is 0 Å². The average Bonchev–Trinajstić information content (AvgIpc) is 2.43. The molecule has 1 unspecified atom stereocenters. The third kappa shape index (κ3) is 6.05. The molecule has 0 aliphatic carbocycles. The highest BCUT2D eigenvalue weighted by molar-refractivity contribution is 5.46. The topological polar surface area (TPSA) is 0 Å². The molecule has 0 heteroatoms. The van der Waals surface area contributed by atoms with Gasteiger partial charge in [-0.3, -0.25) is 0 Å². The van der Waals surface area contributed by atoms with E-state index < -0.39 is 0 Å². The van der Waals surface area contributed by atoms with Crippen LogP contribution >= 0.6 is 0 Å². The maximum atomic E-state index is 3.85. The van der Waals surface area contributed by atoms with Crippen molar-refractivity contribution in [2.24, 2.45) is 5.92 Å². The molecular weight excluding hydrogens is 228 g/mol. The molecule has 0 fully saturated rings. The van der Waals surface area contributed by atoms with E-state index in [0.29, 0.717) is 5.92 Å². The van der Waals surface area contributed by atoms with Crippen molar-refractivity contribution in [1.29, 1.82) is 0 Å². The molecule has 0 aromatic rings. The van der Waals surface area contributed by atoms with Crippen LogP contribution < -0.4 is 0 Å². The van der Waals surface area contributed by atoms with Gasteiger partial charge in [0.05, 0.1) is 0 Å². The fourth-order valence-corrected chi connectivity index (χ4v) is 1.50. The van der Waals surface area contributed by atoms with Gasteiger partial charge in [-0.25, -0.2) is 0 Å². The summed E-state index contributed by atoms with van der Waals surface area (Å²) < 4.78 is 0. The van der Waals surface area contributed by atoms with E-state index in [1.807, 2.05) is 13.0 Å². The molecule has 0 nitrogen and oxygen atoms in total. The lowest BCUT2D eigenvalue weighted by Gasteiger charge is -2.09. The second-order valence-corrected chi connectivity index (χ2v) is 4.59. The zero-order chi connectivity index (χ0) is 14.8. The lowest BCUT2D eigenvalue weighted by atomic mass is 9.97. The number of rotatable bonds is 7. The molecule has 0 aliphatic rings. The summed E-state index contributed by atoms with van der Waals surface area (Å²) in [5.41, 5.74) is 4.63. The van der Waals surface area contributed by atoms with Gasteiger partial charge in [-0.2, -0.15) is 0 Å². The highest BCUT2D eigenvalue weighted by Gasteiger charge is 2.01. The van der Waals surface area contributed by atoms with Gasteiger partial charge in [-0.05, 0) is 37.8 Å². The van der Waals surface area contributed by atoms with Crippen LogP contribution in [-0.2, 0) is 0 Å². The minimum Gasteiger partial charge on any atom is -0.0984 e. The standard InChI is InChI=1S/C19H26/c1-8-15(5)12-13-16(6)17(7)14-19(11-4)18(9-2)10-3/h8-14,16H,2-4H2,1,5-7H3/b13-12-,15-8-,17-14+. The predicted molar refractivity (Wildman–Crippen MR) is 89.1 cm³/mol. The normalized spacial score (nSPS) is 14.1. The van der Waals surface area contributed by atoms with Crippen LogP contribution in [0.25, 0.3) is 0 Å². The first-order chi connectivity index (χ1) is 8.99. The van der Waals surface area contributed by atoms with E-state index in [1.54, 1.807) is 12.2 Å². The van der Waals surface area contributed by atoms with E-state index in [0.717, 1.165) is 11.1 Å². The van der Waals surface area contributed by atoms with E-state index in [-0.39, 0.29) is 0 Å². The smallest absolute Gasteiger partial charge is 0.00479 e. The zero-order valence-corrected chi connectivity index (χ0v) is 12.7. The van der Waals surface area contributed by atoms with E-state index in [2.05, 4.69) is 64.8 Å². The average molecular weight is 254 g/mol. The van der Waals surface area contributed by atoms with Gasteiger partial charge in [0.2, 0.25) is 0 Å². The second kappa shape index (κ2) is 9.16. The SMILES string of the molecule is C=CC(C=C)=C(C=C)/C=C(\C)C(C)/C=C\C(C)=C/C.